The molecule has 2 N–H and O–H groups in total. The van der Waals surface area contributed by atoms with Crippen LogP contribution in [0.4, 0.5) is 19.1 Å². The highest BCUT2D eigenvalue weighted by Gasteiger charge is 2.29. The lowest BCUT2D eigenvalue weighted by molar-refractivity contribution is 0.243. The second-order valence-corrected chi connectivity index (χ2v) is 7.50. The summed E-state index contributed by atoms with van der Waals surface area (Å²) in [6, 6.07) is 8.44. The Kier molecular flexibility index (Phi) is 5.11. The molecule has 0 amide bonds. The van der Waals surface area contributed by atoms with Crippen molar-refractivity contribution < 1.29 is 13.2 Å². The first kappa shape index (κ1) is 19.6. The summed E-state index contributed by atoms with van der Waals surface area (Å²) in [7, 11) is 0. The summed E-state index contributed by atoms with van der Waals surface area (Å²) in [6.07, 6.45) is -0.855. The van der Waals surface area contributed by atoms with Gasteiger partial charge < -0.3 is 15.2 Å². The van der Waals surface area contributed by atoms with Gasteiger partial charge in [0.05, 0.1) is 34.2 Å². The Balaban J connectivity index is 1.81. The number of hydrogen-bond acceptors (Lipinski definition) is 4. The fourth-order valence-electron chi connectivity index (χ4n) is 3.57. The average molecular weight is 420 g/mol. The molecular weight excluding hydrogens is 403 g/mol. The molecule has 0 saturated carbocycles. The van der Waals surface area contributed by atoms with E-state index in [-0.39, 0.29) is 25.0 Å². The summed E-state index contributed by atoms with van der Waals surface area (Å²) >= 11 is 6.13. The standard InChI is InChI=1S/C20H17ClF3N5/c21-13-5-11(1-2-12(13)8-25)9-29-19-7-16(24)15(23)6-18(19)27-20(29)28-4-3-14(22)17(26)10-28/h1-2,5-7,14,17H,3-4,9-10,26H2/t14-,17-/m1/s1. The lowest BCUT2D eigenvalue weighted by atomic mass is 10.1. The van der Waals surface area contributed by atoms with Crippen LogP contribution in [0.5, 0.6) is 0 Å². The summed E-state index contributed by atoms with van der Waals surface area (Å²) in [5.41, 5.74) is 7.66. The quantitative estimate of drug-likeness (QED) is 0.701. The number of imidazole rings is 1. The average Bonchev–Trinajstić information content (AvgIpc) is 3.02. The number of benzene rings is 2. The van der Waals surface area contributed by atoms with E-state index in [4.69, 9.17) is 22.6 Å². The van der Waals surface area contributed by atoms with Crippen LogP contribution < -0.4 is 10.6 Å². The molecule has 29 heavy (non-hydrogen) atoms. The number of rotatable bonds is 3. The maximum atomic E-state index is 13.9. The molecule has 0 aliphatic carbocycles. The van der Waals surface area contributed by atoms with Crippen LogP contribution in [-0.2, 0) is 6.54 Å². The minimum atomic E-state index is -1.10. The number of nitrogens with zero attached hydrogens (tertiary/aromatic N) is 4. The van der Waals surface area contributed by atoms with E-state index in [0.717, 1.165) is 17.7 Å². The molecule has 0 bridgehead atoms. The Morgan fingerprint density at radius 1 is 1.24 bits per heavy atom. The van der Waals surface area contributed by atoms with Crippen LogP contribution in [-0.4, -0.2) is 34.9 Å². The maximum absolute atomic E-state index is 13.9. The minimum Gasteiger partial charge on any atom is -0.340 e. The van der Waals surface area contributed by atoms with Gasteiger partial charge in [-0.1, -0.05) is 17.7 Å². The third kappa shape index (κ3) is 3.63. The maximum Gasteiger partial charge on any atom is 0.206 e. The van der Waals surface area contributed by atoms with Crippen molar-refractivity contribution in [2.75, 3.05) is 18.0 Å². The summed E-state index contributed by atoms with van der Waals surface area (Å²) in [4.78, 5) is 6.29. The topological polar surface area (TPSA) is 70.9 Å². The summed E-state index contributed by atoms with van der Waals surface area (Å²) in [5.74, 6) is -1.52. The first-order valence-corrected chi connectivity index (χ1v) is 9.43. The number of fused-ring (bicyclic) bond motifs is 1. The van der Waals surface area contributed by atoms with Gasteiger partial charge in [0.1, 0.15) is 12.2 Å². The second kappa shape index (κ2) is 7.58. The van der Waals surface area contributed by atoms with Crippen LogP contribution in [0.25, 0.3) is 11.0 Å². The number of piperidine rings is 1. The Bertz CT molecular complexity index is 1120. The fraction of sp³-hybridized carbons (Fsp3) is 0.300. The molecule has 150 valence electrons. The van der Waals surface area contributed by atoms with Crippen molar-refractivity contribution in [1.82, 2.24) is 9.55 Å². The molecule has 1 saturated heterocycles. The molecule has 0 spiro atoms. The van der Waals surface area contributed by atoms with Crippen molar-refractivity contribution >= 4 is 28.6 Å². The Morgan fingerprint density at radius 2 is 2.00 bits per heavy atom. The zero-order valence-corrected chi connectivity index (χ0v) is 16.0. The zero-order chi connectivity index (χ0) is 20.7. The van der Waals surface area contributed by atoms with E-state index >= 15 is 0 Å². The number of halogens is 4. The van der Waals surface area contributed by atoms with E-state index < -0.39 is 23.8 Å². The van der Waals surface area contributed by atoms with Gasteiger partial charge >= 0.3 is 0 Å². The Hall–Kier alpha value is -2.76. The molecule has 0 radical (unpaired) electrons. The lowest BCUT2D eigenvalue weighted by Gasteiger charge is -2.34. The molecule has 9 heteroatoms. The van der Waals surface area contributed by atoms with Gasteiger partial charge in [0.15, 0.2) is 11.6 Å². The monoisotopic (exact) mass is 419 g/mol. The van der Waals surface area contributed by atoms with Crippen LogP contribution in [0.2, 0.25) is 5.02 Å². The number of nitriles is 1. The van der Waals surface area contributed by atoms with Gasteiger partial charge in [0.2, 0.25) is 5.95 Å². The van der Waals surface area contributed by atoms with Crippen molar-refractivity contribution in [2.45, 2.75) is 25.2 Å². The summed E-state index contributed by atoms with van der Waals surface area (Å²) in [6.45, 7) is 0.883. The SMILES string of the molecule is N#Cc1ccc(Cn2c(N3CC[C@@H](F)[C@H](N)C3)nc3cc(F)c(F)cc32)cc1Cl. The molecule has 5 nitrogen and oxygen atoms in total. The smallest absolute Gasteiger partial charge is 0.206 e. The van der Waals surface area contributed by atoms with E-state index in [9.17, 15) is 13.2 Å². The number of hydrogen-bond donors (Lipinski definition) is 1. The van der Waals surface area contributed by atoms with Crippen LogP contribution in [0.1, 0.15) is 17.5 Å². The van der Waals surface area contributed by atoms with E-state index in [1.54, 1.807) is 22.8 Å². The molecule has 3 aromatic rings. The van der Waals surface area contributed by atoms with E-state index in [2.05, 4.69) is 4.98 Å². The Labute approximate surface area is 170 Å². The summed E-state index contributed by atoms with van der Waals surface area (Å²) in [5, 5.41) is 9.35. The van der Waals surface area contributed by atoms with Crippen LogP contribution in [0.3, 0.4) is 0 Å². The van der Waals surface area contributed by atoms with Gasteiger partial charge in [0, 0.05) is 25.2 Å². The predicted molar refractivity (Wildman–Crippen MR) is 105 cm³/mol. The molecular formula is C20H17ClF3N5. The summed E-state index contributed by atoms with van der Waals surface area (Å²) < 4.78 is 43.2. The van der Waals surface area contributed by atoms with Gasteiger partial charge in [0.25, 0.3) is 0 Å². The highest BCUT2D eigenvalue weighted by atomic mass is 35.5. The number of alkyl halides is 1. The fourth-order valence-corrected chi connectivity index (χ4v) is 3.82. The minimum absolute atomic E-state index is 0.240. The van der Waals surface area contributed by atoms with E-state index in [1.165, 1.54) is 0 Å². The predicted octanol–water partition coefficient (Wildman–Crippen LogP) is 3.76. The molecule has 1 aromatic heterocycles. The molecule has 1 aliphatic heterocycles. The van der Waals surface area contributed by atoms with Crippen molar-refractivity contribution in [3.63, 3.8) is 0 Å². The normalized spacial score (nSPS) is 19.5. The van der Waals surface area contributed by atoms with Crippen molar-refractivity contribution in [2.24, 2.45) is 5.73 Å². The third-order valence-corrected chi connectivity index (χ3v) is 5.43. The van der Waals surface area contributed by atoms with Gasteiger partial charge in [-0.3, -0.25) is 0 Å². The lowest BCUT2D eigenvalue weighted by Crippen LogP contribution is -2.50. The van der Waals surface area contributed by atoms with Gasteiger partial charge in [-0.2, -0.15) is 5.26 Å². The van der Waals surface area contributed by atoms with Gasteiger partial charge in [-0.25, -0.2) is 18.2 Å². The van der Waals surface area contributed by atoms with Gasteiger partial charge in [-0.05, 0) is 24.1 Å². The highest BCUT2D eigenvalue weighted by molar-refractivity contribution is 6.31. The van der Waals surface area contributed by atoms with Crippen LogP contribution in [0.15, 0.2) is 30.3 Å². The first-order valence-electron chi connectivity index (χ1n) is 9.05. The molecule has 4 rings (SSSR count). The van der Waals surface area contributed by atoms with Crippen LogP contribution in [0, 0.1) is 23.0 Å². The van der Waals surface area contributed by atoms with Crippen molar-refractivity contribution in [3.8, 4) is 6.07 Å². The third-order valence-electron chi connectivity index (χ3n) is 5.12. The van der Waals surface area contributed by atoms with Crippen molar-refractivity contribution in [3.05, 3.63) is 58.1 Å². The van der Waals surface area contributed by atoms with Gasteiger partial charge in [-0.15, -0.1) is 0 Å². The molecule has 2 aromatic carbocycles. The molecule has 1 aliphatic rings. The van der Waals surface area contributed by atoms with E-state index in [0.29, 0.717) is 28.6 Å². The molecule has 2 atom stereocenters. The molecule has 2 heterocycles. The first-order chi connectivity index (χ1) is 13.9. The number of aromatic nitrogens is 2. The number of nitrogens with two attached hydrogens (primary N) is 1. The molecule has 0 unspecified atom stereocenters. The highest BCUT2D eigenvalue weighted by Crippen LogP contribution is 2.29. The number of anilines is 1. The van der Waals surface area contributed by atoms with Crippen molar-refractivity contribution in [1.29, 1.82) is 5.26 Å². The second-order valence-electron chi connectivity index (χ2n) is 7.09. The molecule has 1 fully saturated rings. The largest absolute Gasteiger partial charge is 0.340 e. The Morgan fingerprint density at radius 3 is 2.69 bits per heavy atom. The van der Waals surface area contributed by atoms with E-state index in [1.807, 2.05) is 11.0 Å². The van der Waals surface area contributed by atoms with Crippen LogP contribution >= 0.6 is 11.6 Å². The zero-order valence-electron chi connectivity index (χ0n) is 15.2.